The van der Waals surface area contributed by atoms with Crippen LogP contribution in [0.2, 0.25) is 0 Å². The zero-order chi connectivity index (χ0) is 7.82. The normalized spacial score (nSPS) is 9.20. The number of hydrogen-bond donors (Lipinski definition) is 3. The second-order valence-corrected chi connectivity index (χ2v) is 1.31. The number of nitrogens with zero attached hydrogens (tertiary/aromatic N) is 1. The quantitative estimate of drug-likeness (QED) is 0.191. The molecule has 3 amide bonds. The number of carbonyl (C=O) groups excluding carboxylic acids is 2. The van der Waals surface area contributed by atoms with Crippen LogP contribution in [0.1, 0.15) is 0 Å². The second kappa shape index (κ2) is 5.54. The van der Waals surface area contributed by atoms with Crippen LogP contribution in [-0.2, 0) is 4.79 Å². The first-order valence-corrected chi connectivity index (χ1v) is 2.51. The summed E-state index contributed by atoms with van der Waals surface area (Å²) in [6.45, 7) is 0.268. The lowest BCUT2D eigenvalue weighted by Crippen LogP contribution is -2.25. The predicted octanol–water partition coefficient (Wildman–Crippen LogP) is -1.61. The van der Waals surface area contributed by atoms with Crippen molar-refractivity contribution in [2.75, 3.05) is 6.54 Å². The van der Waals surface area contributed by atoms with Crippen molar-refractivity contribution in [1.82, 2.24) is 10.7 Å². The number of carbonyl (C=O) groups is 2. The van der Waals surface area contributed by atoms with Gasteiger partial charge in [-0.15, -0.1) is 0 Å². The Labute approximate surface area is 57.5 Å². The monoisotopic (exact) mass is 144 g/mol. The van der Waals surface area contributed by atoms with Gasteiger partial charge in [-0.3, -0.25) is 4.79 Å². The van der Waals surface area contributed by atoms with Gasteiger partial charge in [0.05, 0.1) is 6.54 Å². The van der Waals surface area contributed by atoms with E-state index < -0.39 is 6.03 Å². The molecule has 0 atom stereocenters. The number of amides is 3. The Morgan fingerprint density at radius 2 is 2.40 bits per heavy atom. The van der Waals surface area contributed by atoms with Crippen molar-refractivity contribution < 1.29 is 9.59 Å². The van der Waals surface area contributed by atoms with Crippen LogP contribution in [0.5, 0.6) is 0 Å². The summed E-state index contributed by atoms with van der Waals surface area (Å²) >= 11 is 0. The fourth-order valence-electron chi connectivity index (χ4n) is 0.256. The van der Waals surface area contributed by atoms with E-state index in [-0.39, 0.29) is 6.54 Å². The van der Waals surface area contributed by atoms with Crippen LogP contribution in [-0.4, -0.2) is 25.2 Å². The summed E-state index contributed by atoms with van der Waals surface area (Å²) in [5, 5.41) is 5.64. The molecule has 0 rings (SSSR count). The molecule has 0 aromatic rings. The molecule has 0 aliphatic heterocycles. The number of hydrazone groups is 1. The molecule has 0 heterocycles. The summed E-state index contributed by atoms with van der Waals surface area (Å²) in [5.41, 5.74) is 6.61. The number of urea groups is 1. The summed E-state index contributed by atoms with van der Waals surface area (Å²) < 4.78 is 0. The lowest BCUT2D eigenvalue weighted by Gasteiger charge is -1.89. The lowest BCUT2D eigenvalue weighted by atomic mass is 10.7. The second-order valence-electron chi connectivity index (χ2n) is 1.31. The first-order chi connectivity index (χ1) is 4.77. The Balaban J connectivity index is 3.20. The van der Waals surface area contributed by atoms with Crippen LogP contribution in [0, 0.1) is 0 Å². The van der Waals surface area contributed by atoms with E-state index in [2.05, 4.69) is 16.2 Å². The highest BCUT2D eigenvalue weighted by molar-refractivity contribution is 5.73. The van der Waals surface area contributed by atoms with E-state index >= 15 is 0 Å². The molecule has 6 heteroatoms. The maximum absolute atomic E-state index is 9.94. The van der Waals surface area contributed by atoms with Gasteiger partial charge in [-0.25, -0.2) is 10.2 Å². The molecule has 10 heavy (non-hydrogen) atoms. The number of rotatable bonds is 4. The number of hydrogen-bond acceptors (Lipinski definition) is 3. The Hall–Kier alpha value is -1.59. The molecule has 0 aliphatic carbocycles. The summed E-state index contributed by atoms with van der Waals surface area (Å²) in [7, 11) is 0. The van der Waals surface area contributed by atoms with Crippen molar-refractivity contribution in [3.63, 3.8) is 0 Å². The molecule has 0 spiro atoms. The van der Waals surface area contributed by atoms with Gasteiger partial charge < -0.3 is 11.1 Å². The average molecular weight is 144 g/mol. The van der Waals surface area contributed by atoms with Gasteiger partial charge in [0.1, 0.15) is 0 Å². The highest BCUT2D eigenvalue weighted by atomic mass is 16.2. The third kappa shape index (κ3) is 6.41. The van der Waals surface area contributed by atoms with Gasteiger partial charge in [0.15, 0.2) is 0 Å². The maximum Gasteiger partial charge on any atom is 0.332 e. The van der Waals surface area contributed by atoms with Crippen LogP contribution in [0.15, 0.2) is 5.10 Å². The largest absolute Gasteiger partial charge is 0.354 e. The molecule has 0 radical (unpaired) electrons. The topological polar surface area (TPSA) is 96.6 Å². The minimum atomic E-state index is -0.734. The maximum atomic E-state index is 9.94. The molecule has 0 aromatic heterocycles. The highest BCUT2D eigenvalue weighted by Gasteiger charge is 1.81. The van der Waals surface area contributed by atoms with Crippen LogP contribution in [0.4, 0.5) is 4.79 Å². The minimum absolute atomic E-state index is 0.268. The van der Waals surface area contributed by atoms with E-state index in [9.17, 15) is 9.59 Å². The van der Waals surface area contributed by atoms with E-state index in [1.54, 1.807) is 0 Å². The summed E-state index contributed by atoms with van der Waals surface area (Å²) in [6, 6.07) is -0.734. The summed E-state index contributed by atoms with van der Waals surface area (Å²) in [5.74, 6) is 0. The van der Waals surface area contributed by atoms with Gasteiger partial charge in [0, 0.05) is 6.21 Å². The molecule has 0 saturated heterocycles. The van der Waals surface area contributed by atoms with E-state index in [1.807, 2.05) is 5.43 Å². The third-order valence-electron chi connectivity index (χ3n) is 0.559. The van der Waals surface area contributed by atoms with Crippen LogP contribution in [0.25, 0.3) is 0 Å². The van der Waals surface area contributed by atoms with Crippen molar-refractivity contribution >= 4 is 18.7 Å². The fraction of sp³-hybridized carbons (Fsp3) is 0.250. The van der Waals surface area contributed by atoms with Gasteiger partial charge in [-0.2, -0.15) is 5.10 Å². The van der Waals surface area contributed by atoms with Crippen molar-refractivity contribution in [3.05, 3.63) is 0 Å². The van der Waals surface area contributed by atoms with Crippen molar-refractivity contribution in [2.45, 2.75) is 0 Å². The minimum Gasteiger partial charge on any atom is -0.354 e. The lowest BCUT2D eigenvalue weighted by molar-refractivity contribution is -0.109. The van der Waals surface area contributed by atoms with Crippen LogP contribution < -0.4 is 16.5 Å². The summed E-state index contributed by atoms with van der Waals surface area (Å²) in [6.07, 6.45) is 1.83. The number of primary amides is 1. The van der Waals surface area contributed by atoms with Gasteiger partial charge >= 0.3 is 6.03 Å². The molecule has 0 unspecified atom stereocenters. The van der Waals surface area contributed by atoms with E-state index in [1.165, 1.54) is 6.21 Å². The molecule has 6 nitrogen and oxygen atoms in total. The SMILES string of the molecule is NC(=O)N/N=C/CNC=O. The van der Waals surface area contributed by atoms with E-state index in [4.69, 9.17) is 0 Å². The smallest absolute Gasteiger partial charge is 0.332 e. The molecule has 0 fully saturated rings. The van der Waals surface area contributed by atoms with E-state index in [0.717, 1.165) is 0 Å². The first-order valence-electron chi connectivity index (χ1n) is 2.51. The highest BCUT2D eigenvalue weighted by Crippen LogP contribution is 1.55. The Morgan fingerprint density at radius 1 is 1.70 bits per heavy atom. The molecular formula is C4H8N4O2. The summed E-state index contributed by atoms with van der Waals surface area (Å²) in [4.78, 5) is 19.6. The molecule has 56 valence electrons. The van der Waals surface area contributed by atoms with Crippen molar-refractivity contribution in [1.29, 1.82) is 0 Å². The first kappa shape index (κ1) is 8.41. The van der Waals surface area contributed by atoms with Crippen molar-refractivity contribution in [3.8, 4) is 0 Å². The molecule has 0 aromatic carbocycles. The molecule has 0 aliphatic rings. The number of nitrogens with one attached hydrogen (secondary N) is 2. The van der Waals surface area contributed by atoms with Gasteiger partial charge in [-0.05, 0) is 0 Å². The third-order valence-corrected chi connectivity index (χ3v) is 0.559. The fourth-order valence-corrected chi connectivity index (χ4v) is 0.256. The zero-order valence-corrected chi connectivity index (χ0v) is 5.20. The Bertz CT molecular complexity index is 144. The Morgan fingerprint density at radius 3 is 2.90 bits per heavy atom. The molecule has 0 saturated carbocycles. The number of nitrogens with two attached hydrogens (primary N) is 1. The average Bonchev–Trinajstić information content (AvgIpc) is 1.87. The van der Waals surface area contributed by atoms with Gasteiger partial charge in [0.25, 0.3) is 0 Å². The molecular weight excluding hydrogens is 136 g/mol. The van der Waals surface area contributed by atoms with E-state index in [0.29, 0.717) is 6.41 Å². The predicted molar refractivity (Wildman–Crippen MR) is 35.3 cm³/mol. The zero-order valence-electron chi connectivity index (χ0n) is 5.20. The molecule has 4 N–H and O–H groups in total. The van der Waals surface area contributed by atoms with Gasteiger partial charge in [-0.1, -0.05) is 0 Å². The van der Waals surface area contributed by atoms with Crippen molar-refractivity contribution in [2.24, 2.45) is 10.8 Å². The Kier molecular flexibility index (Phi) is 4.66. The molecule has 0 bridgehead atoms. The van der Waals surface area contributed by atoms with Crippen LogP contribution in [0.3, 0.4) is 0 Å². The van der Waals surface area contributed by atoms with Gasteiger partial charge in [0.2, 0.25) is 6.41 Å². The standard InChI is InChI=1S/C4H8N4O2/c5-4(10)8-7-2-1-6-3-9/h2-3H,1H2,(H,6,9)(H3,5,8,10)/b7-2+. The van der Waals surface area contributed by atoms with Crippen LogP contribution >= 0.6 is 0 Å².